The molecule has 10 heteroatoms. The zero-order chi connectivity index (χ0) is 27.8. The molecule has 0 spiro atoms. The fourth-order valence-corrected chi connectivity index (χ4v) is 6.30. The number of benzene rings is 1. The predicted octanol–water partition coefficient (Wildman–Crippen LogP) is 4.64. The van der Waals surface area contributed by atoms with Crippen LogP contribution < -0.4 is 0 Å². The number of pyridine rings is 1. The van der Waals surface area contributed by atoms with Crippen LogP contribution in [0.1, 0.15) is 43.0 Å². The zero-order valence-corrected chi connectivity index (χ0v) is 22.0. The van der Waals surface area contributed by atoms with E-state index in [1.807, 2.05) is 22.8 Å². The largest absolute Gasteiger partial charge is 0.345 e. The van der Waals surface area contributed by atoms with E-state index < -0.39 is 11.5 Å². The van der Waals surface area contributed by atoms with Crippen molar-refractivity contribution in [2.45, 2.75) is 44.9 Å². The number of nitrogens with zero attached hydrogens (tertiary/aromatic N) is 5. The van der Waals surface area contributed by atoms with Gasteiger partial charge in [0.15, 0.2) is 11.6 Å². The van der Waals surface area contributed by atoms with Crippen LogP contribution in [-0.2, 0) is 22.7 Å². The molecule has 0 unspecified atom stereocenters. The topological polar surface area (TPSA) is 79.9 Å². The van der Waals surface area contributed by atoms with Crippen LogP contribution in [0.4, 0.5) is 13.6 Å². The molecule has 0 atom stereocenters. The lowest BCUT2D eigenvalue weighted by atomic mass is 9.96. The minimum absolute atomic E-state index is 0.186. The van der Waals surface area contributed by atoms with Gasteiger partial charge in [0.25, 0.3) is 0 Å². The van der Waals surface area contributed by atoms with Gasteiger partial charge in [-0.25, -0.2) is 18.6 Å². The number of rotatable bonds is 2. The number of allylic oxidation sites excluding steroid dienone is 2. The number of likely N-dealkylation sites (tertiary alicyclic amines) is 1. The summed E-state index contributed by atoms with van der Waals surface area (Å²) in [6, 6.07) is 8.11. The van der Waals surface area contributed by atoms with Crippen LogP contribution >= 0.6 is 0 Å². The molecule has 1 aromatic carbocycles. The molecular formula is C30H27F2N5O3. The minimum atomic E-state index is -1.27. The number of amides is 2. The smallest absolute Gasteiger partial charge is 0.320 e. The van der Waals surface area contributed by atoms with Gasteiger partial charge in [-0.2, -0.15) is 0 Å². The Morgan fingerprint density at radius 1 is 1.00 bits per heavy atom. The maximum Gasteiger partial charge on any atom is 0.320 e. The van der Waals surface area contributed by atoms with Crippen molar-refractivity contribution in [1.29, 1.82) is 0 Å². The molecule has 204 valence electrons. The standard InChI is InChI=1S/C30H27F2N5O3/c1-30(32)5-8-34(9-6-30)29(40)36-11-10-35-17-21(20-13-19(31)12-18(16-36)28(20)35)26-23(38)14-24(39)27(26)22-15-33-25-4-2-3-7-37(22)25/h2-4,7,12-13,15,17H,5-6,8-11,14,16H2,1H3. The van der Waals surface area contributed by atoms with Crippen molar-refractivity contribution >= 4 is 45.3 Å². The fourth-order valence-electron chi connectivity index (χ4n) is 6.30. The van der Waals surface area contributed by atoms with E-state index in [9.17, 15) is 18.8 Å². The Hall–Kier alpha value is -4.34. The molecule has 1 saturated heterocycles. The Kier molecular flexibility index (Phi) is 5.45. The van der Waals surface area contributed by atoms with E-state index >= 15 is 4.39 Å². The average Bonchev–Trinajstić information content (AvgIpc) is 3.54. The monoisotopic (exact) mass is 543 g/mol. The molecule has 2 amide bonds. The number of halogens is 2. The molecule has 1 fully saturated rings. The highest BCUT2D eigenvalue weighted by atomic mass is 19.1. The van der Waals surface area contributed by atoms with Gasteiger partial charge in [0, 0.05) is 61.6 Å². The van der Waals surface area contributed by atoms with Gasteiger partial charge in [0.1, 0.15) is 17.1 Å². The van der Waals surface area contributed by atoms with Gasteiger partial charge in [-0.05, 0) is 49.6 Å². The second kappa shape index (κ2) is 8.84. The number of hydrogen-bond donors (Lipinski definition) is 0. The number of hydrogen-bond acceptors (Lipinski definition) is 4. The van der Waals surface area contributed by atoms with Crippen LogP contribution in [0, 0.1) is 5.82 Å². The van der Waals surface area contributed by atoms with Crippen molar-refractivity contribution in [3.8, 4) is 0 Å². The summed E-state index contributed by atoms with van der Waals surface area (Å²) < 4.78 is 33.1. The van der Waals surface area contributed by atoms with E-state index in [4.69, 9.17) is 0 Å². The van der Waals surface area contributed by atoms with Crippen LogP contribution in [-0.4, -0.2) is 66.7 Å². The first kappa shape index (κ1) is 24.7. The number of Topliss-reactive ketones (excluding diaryl/α,β-unsaturated/α-hetero) is 2. The van der Waals surface area contributed by atoms with Crippen LogP contribution in [0.5, 0.6) is 0 Å². The highest BCUT2D eigenvalue weighted by Crippen LogP contribution is 2.41. The lowest BCUT2D eigenvalue weighted by molar-refractivity contribution is -0.119. The van der Waals surface area contributed by atoms with Crippen molar-refractivity contribution in [3.05, 3.63) is 71.6 Å². The van der Waals surface area contributed by atoms with E-state index in [1.54, 1.807) is 39.7 Å². The first-order chi connectivity index (χ1) is 19.2. The summed E-state index contributed by atoms with van der Waals surface area (Å²) in [5.74, 6) is -1.09. The third-order valence-corrected chi connectivity index (χ3v) is 8.41. The maximum absolute atomic E-state index is 15.1. The molecule has 7 rings (SSSR count). The number of fused-ring (bicyclic) bond motifs is 1. The number of alkyl halides is 1. The second-order valence-corrected chi connectivity index (χ2v) is 11.1. The van der Waals surface area contributed by atoms with Crippen molar-refractivity contribution in [3.63, 3.8) is 0 Å². The summed E-state index contributed by atoms with van der Waals surface area (Å²) in [5, 5.41) is 0.528. The van der Waals surface area contributed by atoms with Gasteiger partial charge in [0.05, 0.1) is 29.4 Å². The van der Waals surface area contributed by atoms with Crippen molar-refractivity contribution in [1.82, 2.24) is 23.8 Å². The first-order valence-corrected chi connectivity index (χ1v) is 13.5. The maximum atomic E-state index is 15.1. The molecule has 4 aromatic rings. The minimum Gasteiger partial charge on any atom is -0.345 e. The molecule has 40 heavy (non-hydrogen) atoms. The molecule has 2 aliphatic heterocycles. The summed E-state index contributed by atoms with van der Waals surface area (Å²) in [4.78, 5) is 47.5. The van der Waals surface area contributed by atoms with E-state index in [-0.39, 0.29) is 54.6 Å². The molecule has 8 nitrogen and oxygen atoms in total. The molecule has 0 saturated carbocycles. The van der Waals surface area contributed by atoms with Crippen LogP contribution in [0.3, 0.4) is 0 Å². The number of ketones is 2. The lowest BCUT2D eigenvalue weighted by Crippen LogP contribution is -2.49. The Labute approximate surface area is 228 Å². The highest BCUT2D eigenvalue weighted by molar-refractivity contribution is 6.51. The zero-order valence-electron chi connectivity index (χ0n) is 22.0. The third-order valence-electron chi connectivity index (χ3n) is 8.41. The molecule has 0 radical (unpaired) electrons. The van der Waals surface area contributed by atoms with E-state index in [2.05, 4.69) is 4.98 Å². The summed E-state index contributed by atoms with van der Waals surface area (Å²) in [6.45, 7) is 3.23. The van der Waals surface area contributed by atoms with E-state index in [0.29, 0.717) is 54.0 Å². The SMILES string of the molecule is CC1(F)CCN(C(=O)N2CCn3cc(C4=C(c5cnc6ccccn56)C(=O)CC4=O)c4cc(F)cc(c43)C2)CC1. The van der Waals surface area contributed by atoms with Crippen molar-refractivity contribution < 1.29 is 23.2 Å². The molecular weight excluding hydrogens is 516 g/mol. The summed E-state index contributed by atoms with van der Waals surface area (Å²) in [5.41, 5.74) is 2.32. The molecule has 0 N–H and O–H groups in total. The van der Waals surface area contributed by atoms with Gasteiger partial charge >= 0.3 is 6.03 Å². The summed E-state index contributed by atoms with van der Waals surface area (Å²) in [6.07, 6.45) is 5.50. The normalized spacial score (nSPS) is 19.3. The number of urea groups is 1. The quantitative estimate of drug-likeness (QED) is 0.345. The number of carbonyl (C=O) groups is 3. The number of piperidine rings is 1. The summed E-state index contributed by atoms with van der Waals surface area (Å²) in [7, 11) is 0. The highest BCUT2D eigenvalue weighted by Gasteiger charge is 2.37. The predicted molar refractivity (Wildman–Crippen MR) is 145 cm³/mol. The van der Waals surface area contributed by atoms with Crippen LogP contribution in [0.25, 0.3) is 27.7 Å². The van der Waals surface area contributed by atoms with Crippen LogP contribution in [0.15, 0.2) is 48.9 Å². The molecule has 0 bridgehead atoms. The van der Waals surface area contributed by atoms with E-state index in [0.717, 1.165) is 5.52 Å². The Morgan fingerprint density at radius 3 is 2.58 bits per heavy atom. The average molecular weight is 544 g/mol. The number of carbonyl (C=O) groups excluding carboxylic acids is 3. The Morgan fingerprint density at radius 2 is 1.77 bits per heavy atom. The third kappa shape index (κ3) is 3.84. The van der Waals surface area contributed by atoms with Gasteiger partial charge in [-0.15, -0.1) is 0 Å². The van der Waals surface area contributed by atoms with Gasteiger partial charge in [-0.3, -0.25) is 14.0 Å². The molecule has 3 aromatic heterocycles. The Balaban J connectivity index is 1.32. The molecule has 3 aliphatic rings. The van der Waals surface area contributed by atoms with E-state index in [1.165, 1.54) is 12.1 Å². The Bertz CT molecular complexity index is 1770. The number of aromatic nitrogens is 3. The van der Waals surface area contributed by atoms with Crippen molar-refractivity contribution in [2.75, 3.05) is 19.6 Å². The van der Waals surface area contributed by atoms with Crippen molar-refractivity contribution in [2.24, 2.45) is 0 Å². The molecule has 1 aliphatic carbocycles. The van der Waals surface area contributed by atoms with Crippen LogP contribution in [0.2, 0.25) is 0 Å². The number of imidazole rings is 1. The summed E-state index contributed by atoms with van der Waals surface area (Å²) >= 11 is 0. The van der Waals surface area contributed by atoms with Gasteiger partial charge < -0.3 is 14.4 Å². The molecule has 5 heterocycles. The fraction of sp³-hybridized carbons (Fsp3) is 0.333. The lowest BCUT2D eigenvalue weighted by Gasteiger charge is -2.37. The van der Waals surface area contributed by atoms with Gasteiger partial charge in [-0.1, -0.05) is 6.07 Å². The first-order valence-electron chi connectivity index (χ1n) is 13.5. The second-order valence-electron chi connectivity index (χ2n) is 11.1. The van der Waals surface area contributed by atoms with Gasteiger partial charge in [0.2, 0.25) is 0 Å².